The largest absolute Gasteiger partial charge is 0.478 e. The van der Waals surface area contributed by atoms with E-state index in [1.165, 1.54) is 12.1 Å². The maximum absolute atomic E-state index is 10.9. The third-order valence-electron chi connectivity index (χ3n) is 1.95. The van der Waals surface area contributed by atoms with Gasteiger partial charge in [-0.1, -0.05) is 0 Å². The van der Waals surface area contributed by atoms with Crippen molar-refractivity contribution in [1.82, 2.24) is 0 Å². The number of nitro benzene ring substituents is 1. The van der Waals surface area contributed by atoms with Crippen LogP contribution in [0.4, 0.5) is 11.4 Å². The van der Waals surface area contributed by atoms with Crippen LogP contribution in [0.5, 0.6) is 0 Å². The van der Waals surface area contributed by atoms with Gasteiger partial charge in [0.1, 0.15) is 5.69 Å². The first-order valence-corrected chi connectivity index (χ1v) is 5.00. The molecular formula is C11H14N2O4. The van der Waals surface area contributed by atoms with Crippen LogP contribution >= 0.6 is 0 Å². The van der Waals surface area contributed by atoms with Crippen LogP contribution in [0.2, 0.25) is 0 Å². The number of carboxylic acids is 1. The number of anilines is 1. The first-order valence-electron chi connectivity index (χ1n) is 5.00. The molecule has 0 saturated carbocycles. The monoisotopic (exact) mass is 238 g/mol. The van der Waals surface area contributed by atoms with Crippen LogP contribution in [0, 0.1) is 10.1 Å². The Morgan fingerprint density at radius 3 is 2.41 bits per heavy atom. The molecule has 1 aromatic rings. The van der Waals surface area contributed by atoms with Crippen LogP contribution < -0.4 is 5.32 Å². The van der Waals surface area contributed by atoms with Gasteiger partial charge in [-0.05, 0) is 32.9 Å². The second kappa shape index (κ2) is 4.40. The summed E-state index contributed by atoms with van der Waals surface area (Å²) in [6.07, 6.45) is 0. The van der Waals surface area contributed by atoms with Gasteiger partial charge in [-0.15, -0.1) is 0 Å². The lowest BCUT2D eigenvalue weighted by Gasteiger charge is -2.21. The van der Waals surface area contributed by atoms with Crippen molar-refractivity contribution in [3.63, 3.8) is 0 Å². The summed E-state index contributed by atoms with van der Waals surface area (Å²) in [5.41, 5.74) is -0.362. The average Bonchev–Trinajstić information content (AvgIpc) is 2.14. The van der Waals surface area contributed by atoms with Crippen molar-refractivity contribution in [3.8, 4) is 0 Å². The maximum Gasteiger partial charge on any atom is 0.335 e. The van der Waals surface area contributed by atoms with Crippen molar-refractivity contribution in [2.45, 2.75) is 26.3 Å². The van der Waals surface area contributed by atoms with Gasteiger partial charge in [-0.25, -0.2) is 4.79 Å². The average molecular weight is 238 g/mol. The molecule has 0 aromatic heterocycles. The highest BCUT2D eigenvalue weighted by molar-refractivity contribution is 5.89. The molecule has 0 saturated heterocycles. The van der Waals surface area contributed by atoms with Gasteiger partial charge in [0.2, 0.25) is 0 Å². The maximum atomic E-state index is 10.9. The Bertz CT molecular complexity index is 463. The number of hydrogen-bond acceptors (Lipinski definition) is 4. The molecule has 1 aromatic carbocycles. The van der Waals surface area contributed by atoms with Gasteiger partial charge in [0.25, 0.3) is 5.69 Å². The summed E-state index contributed by atoms with van der Waals surface area (Å²) >= 11 is 0. The van der Waals surface area contributed by atoms with Gasteiger partial charge in [-0.2, -0.15) is 0 Å². The topological polar surface area (TPSA) is 92.5 Å². The van der Waals surface area contributed by atoms with E-state index in [2.05, 4.69) is 5.32 Å². The third-order valence-corrected chi connectivity index (χ3v) is 1.95. The smallest absolute Gasteiger partial charge is 0.335 e. The predicted octanol–water partition coefficient (Wildman–Crippen LogP) is 2.50. The van der Waals surface area contributed by atoms with E-state index in [-0.39, 0.29) is 16.8 Å². The third kappa shape index (κ3) is 3.44. The SMILES string of the molecule is CC(C)(C)Nc1ccc(C(=O)O)cc1[N+](=O)[O-]. The molecule has 0 fully saturated rings. The number of hydrogen-bond donors (Lipinski definition) is 2. The highest BCUT2D eigenvalue weighted by Gasteiger charge is 2.20. The van der Waals surface area contributed by atoms with Crippen LogP contribution in [-0.4, -0.2) is 21.5 Å². The first kappa shape index (κ1) is 13.0. The van der Waals surface area contributed by atoms with Crippen molar-refractivity contribution < 1.29 is 14.8 Å². The molecule has 0 aliphatic heterocycles. The Kier molecular flexibility index (Phi) is 3.36. The summed E-state index contributed by atoms with van der Waals surface area (Å²) in [5.74, 6) is -1.18. The van der Waals surface area contributed by atoms with E-state index in [1.54, 1.807) is 0 Å². The van der Waals surface area contributed by atoms with Gasteiger partial charge >= 0.3 is 5.97 Å². The molecule has 92 valence electrons. The minimum Gasteiger partial charge on any atom is -0.478 e. The van der Waals surface area contributed by atoms with Gasteiger partial charge < -0.3 is 10.4 Å². The summed E-state index contributed by atoms with van der Waals surface area (Å²) in [6, 6.07) is 3.80. The molecule has 0 unspecified atom stereocenters. The van der Waals surface area contributed by atoms with Gasteiger partial charge in [-0.3, -0.25) is 10.1 Å². The Hall–Kier alpha value is -2.11. The Morgan fingerprint density at radius 1 is 1.41 bits per heavy atom. The molecular weight excluding hydrogens is 224 g/mol. The molecule has 1 rings (SSSR count). The number of benzene rings is 1. The fraction of sp³-hybridized carbons (Fsp3) is 0.364. The highest BCUT2D eigenvalue weighted by Crippen LogP contribution is 2.28. The molecule has 0 heterocycles. The molecule has 2 N–H and O–H groups in total. The lowest BCUT2D eigenvalue weighted by Crippen LogP contribution is -2.26. The Morgan fingerprint density at radius 2 is 2.00 bits per heavy atom. The fourth-order valence-electron chi connectivity index (χ4n) is 1.33. The van der Waals surface area contributed by atoms with E-state index in [4.69, 9.17) is 5.11 Å². The molecule has 17 heavy (non-hydrogen) atoms. The summed E-state index contributed by atoms with van der Waals surface area (Å²) < 4.78 is 0. The zero-order chi connectivity index (χ0) is 13.2. The molecule has 0 radical (unpaired) electrons. The normalized spacial score (nSPS) is 11.0. The van der Waals surface area contributed by atoms with Crippen molar-refractivity contribution in [1.29, 1.82) is 0 Å². The fourth-order valence-corrected chi connectivity index (χ4v) is 1.33. The number of nitro groups is 1. The van der Waals surface area contributed by atoms with Gasteiger partial charge in [0.15, 0.2) is 0 Å². The number of nitrogens with zero attached hydrogens (tertiary/aromatic N) is 1. The van der Waals surface area contributed by atoms with Crippen molar-refractivity contribution in [3.05, 3.63) is 33.9 Å². The molecule has 6 nitrogen and oxygen atoms in total. The summed E-state index contributed by atoms with van der Waals surface area (Å²) in [7, 11) is 0. The lowest BCUT2D eigenvalue weighted by molar-refractivity contribution is -0.384. The number of aromatic carboxylic acids is 1. The zero-order valence-corrected chi connectivity index (χ0v) is 9.85. The number of carbonyl (C=O) groups is 1. The Balaban J connectivity index is 3.23. The van der Waals surface area contributed by atoms with Crippen LogP contribution in [-0.2, 0) is 0 Å². The van der Waals surface area contributed by atoms with Gasteiger partial charge in [0, 0.05) is 11.6 Å². The van der Waals surface area contributed by atoms with Crippen LogP contribution in [0.15, 0.2) is 18.2 Å². The molecule has 0 spiro atoms. The van der Waals surface area contributed by atoms with E-state index in [9.17, 15) is 14.9 Å². The van der Waals surface area contributed by atoms with Crippen molar-refractivity contribution in [2.24, 2.45) is 0 Å². The highest BCUT2D eigenvalue weighted by atomic mass is 16.6. The van der Waals surface area contributed by atoms with Gasteiger partial charge in [0.05, 0.1) is 10.5 Å². The minimum absolute atomic E-state index is 0.101. The molecule has 0 amide bonds. The lowest BCUT2D eigenvalue weighted by atomic mass is 10.1. The van der Waals surface area contributed by atoms with E-state index in [1.807, 2.05) is 20.8 Å². The molecule has 6 heteroatoms. The van der Waals surface area contributed by atoms with Crippen LogP contribution in [0.3, 0.4) is 0 Å². The first-order chi connectivity index (χ1) is 7.70. The second-order valence-corrected chi connectivity index (χ2v) is 4.67. The number of nitrogens with one attached hydrogen (secondary N) is 1. The Labute approximate surface area is 98.4 Å². The second-order valence-electron chi connectivity index (χ2n) is 4.67. The zero-order valence-electron chi connectivity index (χ0n) is 9.85. The minimum atomic E-state index is -1.18. The summed E-state index contributed by atoms with van der Waals surface area (Å²) in [6.45, 7) is 5.59. The molecule has 0 atom stereocenters. The standard InChI is InChI=1S/C11H14N2O4/c1-11(2,3)12-8-5-4-7(10(14)15)6-9(8)13(16)17/h4-6,12H,1-3H3,(H,14,15). The summed E-state index contributed by atoms with van der Waals surface area (Å²) in [4.78, 5) is 21.0. The number of carboxylic acid groups (broad SMARTS) is 1. The molecule has 0 aliphatic rings. The quantitative estimate of drug-likeness (QED) is 0.623. The van der Waals surface area contributed by atoms with E-state index in [0.29, 0.717) is 5.69 Å². The predicted molar refractivity (Wildman–Crippen MR) is 63.4 cm³/mol. The van der Waals surface area contributed by atoms with E-state index in [0.717, 1.165) is 6.07 Å². The number of rotatable bonds is 3. The van der Waals surface area contributed by atoms with Crippen LogP contribution in [0.1, 0.15) is 31.1 Å². The molecule has 0 aliphatic carbocycles. The summed E-state index contributed by atoms with van der Waals surface area (Å²) in [5, 5.41) is 22.6. The van der Waals surface area contributed by atoms with Crippen molar-refractivity contribution >= 4 is 17.3 Å². The van der Waals surface area contributed by atoms with Crippen molar-refractivity contribution in [2.75, 3.05) is 5.32 Å². The van der Waals surface area contributed by atoms with E-state index >= 15 is 0 Å². The van der Waals surface area contributed by atoms with Crippen LogP contribution in [0.25, 0.3) is 0 Å². The van der Waals surface area contributed by atoms with E-state index < -0.39 is 10.9 Å². The molecule has 0 bridgehead atoms.